The molecule has 0 aliphatic carbocycles. The SMILES string of the molecule is CC[C@H](C)COc1ccc(/C(C)=N\N=C2/NC(=O)CS2)cc1. The fraction of sp³-hybridized carbons (Fsp3) is 0.438. The van der Waals surface area contributed by atoms with Gasteiger partial charge < -0.3 is 10.1 Å². The number of benzene rings is 1. The Balaban J connectivity index is 1.96. The van der Waals surface area contributed by atoms with Crippen molar-refractivity contribution in [2.75, 3.05) is 12.4 Å². The first kappa shape index (κ1) is 16.5. The summed E-state index contributed by atoms with van der Waals surface area (Å²) in [6.45, 7) is 6.95. The first-order valence-corrected chi connectivity index (χ1v) is 8.35. The molecule has 1 aromatic rings. The Morgan fingerprint density at radius 1 is 1.41 bits per heavy atom. The lowest BCUT2D eigenvalue weighted by atomic mass is 10.1. The highest BCUT2D eigenvalue weighted by molar-refractivity contribution is 8.15. The first-order chi connectivity index (χ1) is 10.6. The fourth-order valence-corrected chi connectivity index (χ4v) is 2.33. The number of hydrogen-bond donors (Lipinski definition) is 1. The van der Waals surface area contributed by atoms with E-state index in [0.29, 0.717) is 16.8 Å². The minimum atomic E-state index is -0.0283. The largest absolute Gasteiger partial charge is 0.493 e. The van der Waals surface area contributed by atoms with Crippen LogP contribution >= 0.6 is 11.8 Å². The van der Waals surface area contributed by atoms with Gasteiger partial charge in [0.1, 0.15) is 5.75 Å². The third kappa shape index (κ3) is 4.87. The number of ether oxygens (including phenoxy) is 1. The van der Waals surface area contributed by atoms with Gasteiger partial charge in [-0.15, -0.1) is 5.10 Å². The predicted octanol–water partition coefficient (Wildman–Crippen LogP) is 3.05. The van der Waals surface area contributed by atoms with Crippen molar-refractivity contribution < 1.29 is 9.53 Å². The van der Waals surface area contributed by atoms with Crippen molar-refractivity contribution in [2.45, 2.75) is 27.2 Å². The maximum atomic E-state index is 11.1. The zero-order valence-electron chi connectivity index (χ0n) is 13.1. The summed E-state index contributed by atoms with van der Waals surface area (Å²) in [6, 6.07) is 7.81. The molecule has 1 aliphatic heterocycles. The van der Waals surface area contributed by atoms with Gasteiger partial charge in [0.15, 0.2) is 5.17 Å². The average molecular weight is 319 g/mol. The summed E-state index contributed by atoms with van der Waals surface area (Å²) < 4.78 is 5.73. The molecule has 0 saturated carbocycles. The van der Waals surface area contributed by atoms with Gasteiger partial charge in [-0.1, -0.05) is 32.0 Å². The van der Waals surface area contributed by atoms with E-state index in [1.165, 1.54) is 11.8 Å². The molecule has 0 bridgehead atoms. The Hall–Kier alpha value is -1.82. The molecule has 1 heterocycles. The summed E-state index contributed by atoms with van der Waals surface area (Å²) in [4.78, 5) is 11.1. The van der Waals surface area contributed by atoms with Gasteiger partial charge in [-0.3, -0.25) is 4.79 Å². The van der Waals surface area contributed by atoms with Gasteiger partial charge in [-0.05, 0) is 42.7 Å². The van der Waals surface area contributed by atoms with Crippen molar-refractivity contribution in [1.29, 1.82) is 0 Å². The molecule has 1 amide bonds. The lowest BCUT2D eigenvalue weighted by molar-refractivity contribution is -0.116. The molecule has 0 spiro atoms. The van der Waals surface area contributed by atoms with Crippen LogP contribution in [0.25, 0.3) is 0 Å². The van der Waals surface area contributed by atoms with Crippen molar-refractivity contribution in [1.82, 2.24) is 5.32 Å². The van der Waals surface area contributed by atoms with Crippen molar-refractivity contribution in [3.05, 3.63) is 29.8 Å². The van der Waals surface area contributed by atoms with Gasteiger partial charge >= 0.3 is 0 Å². The van der Waals surface area contributed by atoms with Crippen LogP contribution in [0.4, 0.5) is 0 Å². The molecule has 1 aliphatic rings. The molecule has 2 rings (SSSR count). The van der Waals surface area contributed by atoms with Crippen LogP contribution in [0.15, 0.2) is 34.5 Å². The van der Waals surface area contributed by atoms with Gasteiger partial charge in [-0.25, -0.2) is 0 Å². The zero-order chi connectivity index (χ0) is 15.9. The molecule has 1 saturated heterocycles. The number of carbonyl (C=O) groups excluding carboxylic acids is 1. The van der Waals surface area contributed by atoms with Crippen molar-refractivity contribution in [3.8, 4) is 5.75 Å². The summed E-state index contributed by atoms with van der Waals surface area (Å²) in [5, 5.41) is 11.4. The molecule has 22 heavy (non-hydrogen) atoms. The second-order valence-corrected chi connectivity index (χ2v) is 6.24. The summed E-state index contributed by atoms with van der Waals surface area (Å²) in [5.41, 5.74) is 1.78. The molecule has 0 unspecified atom stereocenters. The van der Waals surface area contributed by atoms with Crippen molar-refractivity contribution in [3.63, 3.8) is 0 Å². The molecule has 5 nitrogen and oxygen atoms in total. The van der Waals surface area contributed by atoms with E-state index >= 15 is 0 Å². The van der Waals surface area contributed by atoms with E-state index in [4.69, 9.17) is 4.74 Å². The molecule has 1 N–H and O–H groups in total. The Kier molecular flexibility index (Phi) is 6.00. The summed E-state index contributed by atoms with van der Waals surface area (Å²) >= 11 is 1.36. The van der Waals surface area contributed by atoms with Crippen LogP contribution in [-0.2, 0) is 4.79 Å². The second kappa shape index (κ2) is 7.98. The van der Waals surface area contributed by atoms with Crippen LogP contribution in [0, 0.1) is 5.92 Å². The number of carbonyl (C=O) groups is 1. The highest BCUT2D eigenvalue weighted by Gasteiger charge is 2.16. The molecule has 1 fully saturated rings. The van der Waals surface area contributed by atoms with Crippen LogP contribution in [-0.4, -0.2) is 29.1 Å². The predicted molar refractivity (Wildman–Crippen MR) is 91.6 cm³/mol. The van der Waals surface area contributed by atoms with E-state index < -0.39 is 0 Å². The van der Waals surface area contributed by atoms with Crippen LogP contribution in [0.5, 0.6) is 5.75 Å². The standard InChI is InChI=1S/C16H21N3O2S/c1-4-11(2)9-21-14-7-5-13(6-8-14)12(3)18-19-16-17-15(20)10-22-16/h5-8,11H,4,9-10H2,1-3H3,(H,17,19,20)/b18-12-/t11-/m0/s1. The Labute approximate surface area is 135 Å². The first-order valence-electron chi connectivity index (χ1n) is 7.36. The smallest absolute Gasteiger partial charge is 0.236 e. The minimum Gasteiger partial charge on any atom is -0.493 e. The number of nitrogens with one attached hydrogen (secondary N) is 1. The van der Waals surface area contributed by atoms with Gasteiger partial charge in [0, 0.05) is 0 Å². The van der Waals surface area contributed by atoms with Gasteiger partial charge in [0.05, 0.1) is 18.1 Å². The van der Waals surface area contributed by atoms with E-state index in [-0.39, 0.29) is 5.91 Å². The number of thioether (sulfide) groups is 1. The molecule has 1 atom stereocenters. The Bertz CT molecular complexity index is 582. The van der Waals surface area contributed by atoms with Crippen molar-refractivity contribution >= 4 is 28.5 Å². The fourth-order valence-electron chi connectivity index (χ4n) is 1.71. The molecule has 6 heteroatoms. The maximum Gasteiger partial charge on any atom is 0.236 e. The van der Waals surface area contributed by atoms with Crippen LogP contribution in [0.2, 0.25) is 0 Å². The molecular formula is C16H21N3O2S. The zero-order valence-corrected chi connectivity index (χ0v) is 13.9. The van der Waals surface area contributed by atoms with Crippen LogP contribution in [0.3, 0.4) is 0 Å². The summed E-state index contributed by atoms with van der Waals surface area (Å²) in [5.74, 6) is 1.80. The van der Waals surface area contributed by atoms with E-state index in [2.05, 4.69) is 29.4 Å². The lowest BCUT2D eigenvalue weighted by Gasteiger charge is -2.11. The quantitative estimate of drug-likeness (QED) is 0.647. The van der Waals surface area contributed by atoms with Gasteiger partial charge in [0.2, 0.25) is 5.91 Å². The molecule has 0 aromatic heterocycles. The van der Waals surface area contributed by atoms with Gasteiger partial charge in [0.25, 0.3) is 0 Å². The highest BCUT2D eigenvalue weighted by Crippen LogP contribution is 2.15. The summed E-state index contributed by atoms with van der Waals surface area (Å²) in [6.07, 6.45) is 1.11. The van der Waals surface area contributed by atoms with E-state index in [9.17, 15) is 4.79 Å². The average Bonchev–Trinajstić information content (AvgIpc) is 2.96. The van der Waals surface area contributed by atoms with Gasteiger partial charge in [-0.2, -0.15) is 5.10 Å². The van der Waals surface area contributed by atoms with E-state index in [1.54, 1.807) is 0 Å². The number of amidine groups is 1. The third-order valence-electron chi connectivity index (χ3n) is 3.38. The molecule has 1 aromatic carbocycles. The number of hydrogen-bond acceptors (Lipinski definition) is 5. The monoisotopic (exact) mass is 319 g/mol. The number of rotatable bonds is 6. The summed E-state index contributed by atoms with van der Waals surface area (Å²) in [7, 11) is 0. The molecule has 118 valence electrons. The maximum absolute atomic E-state index is 11.1. The number of amides is 1. The van der Waals surface area contributed by atoms with Crippen molar-refractivity contribution in [2.24, 2.45) is 16.1 Å². The lowest BCUT2D eigenvalue weighted by Crippen LogP contribution is -2.19. The van der Waals surface area contributed by atoms with E-state index in [0.717, 1.165) is 30.1 Å². The highest BCUT2D eigenvalue weighted by atomic mass is 32.2. The third-order valence-corrected chi connectivity index (χ3v) is 4.24. The van der Waals surface area contributed by atoms with Crippen LogP contribution in [0.1, 0.15) is 32.8 Å². The topological polar surface area (TPSA) is 63.1 Å². The second-order valence-electron chi connectivity index (χ2n) is 5.28. The normalized spacial score (nSPS) is 18.4. The Morgan fingerprint density at radius 2 is 2.14 bits per heavy atom. The van der Waals surface area contributed by atoms with E-state index in [1.807, 2.05) is 31.2 Å². The molecular weight excluding hydrogens is 298 g/mol. The Morgan fingerprint density at radius 3 is 2.73 bits per heavy atom. The minimum absolute atomic E-state index is 0.0283. The molecule has 0 radical (unpaired) electrons. The number of nitrogens with zero attached hydrogens (tertiary/aromatic N) is 2. The van der Waals surface area contributed by atoms with Crippen LogP contribution < -0.4 is 10.1 Å².